The molecule has 18 heavy (non-hydrogen) atoms. The van der Waals surface area contributed by atoms with Gasteiger partial charge in [0, 0.05) is 10.0 Å². The minimum Gasteiger partial charge on any atom is -0.448 e. The molecule has 0 saturated carbocycles. The summed E-state index contributed by atoms with van der Waals surface area (Å²) in [6.45, 7) is 0. The number of rotatable bonds is 3. The van der Waals surface area contributed by atoms with E-state index in [1.54, 1.807) is 30.3 Å². The Morgan fingerprint density at radius 3 is 2.78 bits per heavy atom. The van der Waals surface area contributed by atoms with Crippen molar-refractivity contribution in [3.63, 3.8) is 0 Å². The third-order valence-corrected chi connectivity index (χ3v) is 2.96. The molecule has 0 aliphatic heterocycles. The van der Waals surface area contributed by atoms with E-state index in [2.05, 4.69) is 42.4 Å². The fourth-order valence-electron chi connectivity index (χ4n) is 1.25. The standard InChI is InChI=1S/C12H8Br2N2O2/c13-9-3-1-2-8(6-9)12(17)16-15-7-10-4-5-11(14)18-10/h1-7H,(H,16,17)/b15-7+. The highest BCUT2D eigenvalue weighted by Crippen LogP contribution is 2.12. The summed E-state index contributed by atoms with van der Waals surface area (Å²) in [5.74, 6) is 0.273. The van der Waals surface area contributed by atoms with Crippen molar-refractivity contribution < 1.29 is 9.21 Å². The molecule has 1 heterocycles. The molecule has 0 fully saturated rings. The van der Waals surface area contributed by atoms with Crippen LogP contribution in [-0.2, 0) is 0 Å². The molecule has 2 aromatic rings. The number of nitrogens with zero attached hydrogens (tertiary/aromatic N) is 1. The Balaban J connectivity index is 1.98. The van der Waals surface area contributed by atoms with Gasteiger partial charge in [-0.1, -0.05) is 22.0 Å². The van der Waals surface area contributed by atoms with Crippen molar-refractivity contribution in [3.8, 4) is 0 Å². The summed E-state index contributed by atoms with van der Waals surface area (Å²) >= 11 is 6.48. The number of benzene rings is 1. The maximum Gasteiger partial charge on any atom is 0.271 e. The molecule has 0 spiro atoms. The van der Waals surface area contributed by atoms with Gasteiger partial charge < -0.3 is 4.42 Å². The van der Waals surface area contributed by atoms with Crippen molar-refractivity contribution in [2.24, 2.45) is 5.10 Å². The molecule has 0 radical (unpaired) electrons. The van der Waals surface area contributed by atoms with E-state index >= 15 is 0 Å². The molecular weight excluding hydrogens is 364 g/mol. The van der Waals surface area contributed by atoms with Crippen molar-refractivity contribution in [1.29, 1.82) is 0 Å². The fraction of sp³-hybridized carbons (Fsp3) is 0. The highest BCUT2D eigenvalue weighted by Gasteiger charge is 2.03. The van der Waals surface area contributed by atoms with Crippen molar-refractivity contribution >= 4 is 44.0 Å². The highest BCUT2D eigenvalue weighted by molar-refractivity contribution is 9.10. The first kappa shape index (κ1) is 13.0. The lowest BCUT2D eigenvalue weighted by molar-refractivity contribution is 0.0955. The van der Waals surface area contributed by atoms with Gasteiger partial charge >= 0.3 is 0 Å². The molecule has 0 aliphatic rings. The summed E-state index contributed by atoms with van der Waals surface area (Å²) in [5, 5.41) is 3.81. The summed E-state index contributed by atoms with van der Waals surface area (Å²) in [4.78, 5) is 11.7. The molecule has 2 rings (SSSR count). The Hall–Kier alpha value is -1.40. The summed E-state index contributed by atoms with van der Waals surface area (Å²) < 4.78 is 6.65. The number of hydrogen-bond donors (Lipinski definition) is 1. The Kier molecular flexibility index (Phi) is 4.33. The Morgan fingerprint density at radius 2 is 2.11 bits per heavy atom. The smallest absolute Gasteiger partial charge is 0.271 e. The van der Waals surface area contributed by atoms with Gasteiger partial charge in [-0.15, -0.1) is 0 Å². The van der Waals surface area contributed by atoms with Crippen LogP contribution in [0, 0.1) is 0 Å². The molecular formula is C12H8Br2N2O2. The van der Waals surface area contributed by atoms with Gasteiger partial charge in [-0.3, -0.25) is 4.79 Å². The predicted molar refractivity (Wildman–Crippen MR) is 75.6 cm³/mol. The SMILES string of the molecule is O=C(N/N=C/c1ccc(Br)o1)c1cccc(Br)c1. The molecule has 0 bridgehead atoms. The van der Waals surface area contributed by atoms with E-state index in [1.807, 2.05) is 6.07 Å². The molecule has 0 aliphatic carbocycles. The molecule has 92 valence electrons. The van der Waals surface area contributed by atoms with Crippen LogP contribution in [-0.4, -0.2) is 12.1 Å². The van der Waals surface area contributed by atoms with Crippen LogP contribution < -0.4 is 5.43 Å². The zero-order valence-electron chi connectivity index (χ0n) is 9.06. The van der Waals surface area contributed by atoms with Crippen molar-refractivity contribution in [3.05, 3.63) is 56.9 Å². The van der Waals surface area contributed by atoms with Gasteiger partial charge in [-0.2, -0.15) is 5.10 Å². The molecule has 0 atom stereocenters. The largest absolute Gasteiger partial charge is 0.448 e. The van der Waals surface area contributed by atoms with Crippen LogP contribution in [0.1, 0.15) is 16.1 Å². The number of halogens is 2. The zero-order chi connectivity index (χ0) is 13.0. The summed E-state index contributed by atoms with van der Waals surface area (Å²) in [5.41, 5.74) is 2.95. The van der Waals surface area contributed by atoms with Gasteiger partial charge in [0.05, 0.1) is 6.21 Å². The maximum atomic E-state index is 11.7. The fourth-order valence-corrected chi connectivity index (χ4v) is 1.96. The van der Waals surface area contributed by atoms with Gasteiger partial charge in [0.2, 0.25) is 0 Å². The number of furan rings is 1. The number of amides is 1. The molecule has 6 heteroatoms. The van der Waals surface area contributed by atoms with E-state index in [1.165, 1.54) is 6.21 Å². The van der Waals surface area contributed by atoms with Gasteiger partial charge in [-0.05, 0) is 46.3 Å². The van der Waals surface area contributed by atoms with Crippen LogP contribution in [0.2, 0.25) is 0 Å². The topological polar surface area (TPSA) is 54.6 Å². The second-order valence-corrected chi connectivity index (χ2v) is 5.05. The van der Waals surface area contributed by atoms with Crippen molar-refractivity contribution in [2.45, 2.75) is 0 Å². The lowest BCUT2D eigenvalue weighted by atomic mass is 10.2. The van der Waals surface area contributed by atoms with Crippen LogP contribution in [0.5, 0.6) is 0 Å². The zero-order valence-corrected chi connectivity index (χ0v) is 12.2. The number of hydrazone groups is 1. The minimum atomic E-state index is -0.279. The van der Waals surface area contributed by atoms with E-state index < -0.39 is 0 Å². The second kappa shape index (κ2) is 5.97. The summed E-state index contributed by atoms with van der Waals surface area (Å²) in [6.07, 6.45) is 1.43. The van der Waals surface area contributed by atoms with Crippen molar-refractivity contribution in [2.75, 3.05) is 0 Å². The molecule has 0 unspecified atom stereocenters. The van der Waals surface area contributed by atoms with Gasteiger partial charge in [0.25, 0.3) is 5.91 Å². The predicted octanol–water partition coefficient (Wildman–Crippen LogP) is 3.57. The number of carbonyl (C=O) groups is 1. The average molecular weight is 372 g/mol. The number of hydrogen-bond acceptors (Lipinski definition) is 3. The third-order valence-electron chi connectivity index (χ3n) is 2.04. The Bertz CT molecular complexity index is 593. The van der Waals surface area contributed by atoms with Gasteiger partial charge in [0.15, 0.2) is 4.67 Å². The van der Waals surface area contributed by atoms with Crippen LogP contribution in [0.25, 0.3) is 0 Å². The maximum absolute atomic E-state index is 11.7. The van der Waals surface area contributed by atoms with E-state index in [0.717, 1.165) is 4.47 Å². The molecule has 1 amide bonds. The Labute approximate surface area is 120 Å². The lowest BCUT2D eigenvalue weighted by Gasteiger charge is -1.99. The third kappa shape index (κ3) is 3.54. The highest BCUT2D eigenvalue weighted by atomic mass is 79.9. The van der Waals surface area contributed by atoms with Crippen LogP contribution in [0.4, 0.5) is 0 Å². The summed E-state index contributed by atoms with van der Waals surface area (Å²) in [7, 11) is 0. The number of nitrogens with one attached hydrogen (secondary N) is 1. The molecule has 1 aromatic carbocycles. The average Bonchev–Trinajstić information content (AvgIpc) is 2.75. The first-order valence-corrected chi connectivity index (χ1v) is 6.58. The minimum absolute atomic E-state index is 0.279. The van der Waals surface area contributed by atoms with Crippen LogP contribution in [0.15, 0.2) is 55.1 Å². The van der Waals surface area contributed by atoms with Gasteiger partial charge in [-0.25, -0.2) is 5.43 Å². The first-order chi connectivity index (χ1) is 8.65. The van der Waals surface area contributed by atoms with E-state index in [4.69, 9.17) is 4.42 Å². The Morgan fingerprint density at radius 1 is 1.28 bits per heavy atom. The molecule has 1 N–H and O–H groups in total. The van der Waals surface area contributed by atoms with Crippen molar-refractivity contribution in [1.82, 2.24) is 5.43 Å². The van der Waals surface area contributed by atoms with E-state index in [9.17, 15) is 4.79 Å². The molecule has 1 aromatic heterocycles. The molecule has 4 nitrogen and oxygen atoms in total. The number of carbonyl (C=O) groups excluding carboxylic acids is 1. The first-order valence-electron chi connectivity index (χ1n) is 4.99. The molecule has 0 saturated heterocycles. The lowest BCUT2D eigenvalue weighted by Crippen LogP contribution is -2.17. The van der Waals surface area contributed by atoms with Gasteiger partial charge in [0.1, 0.15) is 5.76 Å². The van der Waals surface area contributed by atoms with Crippen LogP contribution in [0.3, 0.4) is 0 Å². The van der Waals surface area contributed by atoms with E-state index in [-0.39, 0.29) is 5.91 Å². The normalized spacial score (nSPS) is 10.8. The van der Waals surface area contributed by atoms with E-state index in [0.29, 0.717) is 16.0 Å². The monoisotopic (exact) mass is 370 g/mol. The quantitative estimate of drug-likeness (QED) is 0.662. The van der Waals surface area contributed by atoms with Crippen LogP contribution >= 0.6 is 31.9 Å². The summed E-state index contributed by atoms with van der Waals surface area (Å²) in [6, 6.07) is 10.5. The second-order valence-electron chi connectivity index (χ2n) is 3.35.